The molecule has 120 valence electrons. The van der Waals surface area contributed by atoms with Gasteiger partial charge in [-0.25, -0.2) is 13.1 Å². The average Bonchev–Trinajstić information content (AvgIpc) is 3.30. The van der Waals surface area contributed by atoms with Gasteiger partial charge in [-0.15, -0.1) is 6.58 Å². The van der Waals surface area contributed by atoms with Gasteiger partial charge in [0.1, 0.15) is 0 Å². The lowest BCUT2D eigenvalue weighted by Crippen LogP contribution is -2.29. The Labute approximate surface area is 131 Å². The van der Waals surface area contributed by atoms with E-state index in [9.17, 15) is 13.2 Å². The molecular formula is C16H22N2O3S. The van der Waals surface area contributed by atoms with Gasteiger partial charge in [0.2, 0.25) is 15.9 Å². The topological polar surface area (TPSA) is 75.3 Å². The summed E-state index contributed by atoms with van der Waals surface area (Å²) in [5, 5.41) is 2.86. The monoisotopic (exact) mass is 322 g/mol. The van der Waals surface area contributed by atoms with Crippen molar-refractivity contribution in [3.63, 3.8) is 0 Å². The number of benzene rings is 1. The lowest BCUT2D eigenvalue weighted by atomic mass is 10.1. The number of anilines is 1. The highest BCUT2D eigenvalue weighted by Crippen LogP contribution is 2.30. The van der Waals surface area contributed by atoms with E-state index in [1.54, 1.807) is 25.1 Å². The Morgan fingerprint density at radius 1 is 1.36 bits per heavy atom. The predicted molar refractivity (Wildman–Crippen MR) is 87.9 cm³/mol. The molecule has 0 radical (unpaired) electrons. The van der Waals surface area contributed by atoms with Crippen LogP contribution in [-0.4, -0.2) is 20.1 Å². The fraction of sp³-hybridized carbons (Fsp3) is 0.438. The van der Waals surface area contributed by atoms with Crippen molar-refractivity contribution in [1.29, 1.82) is 0 Å². The Morgan fingerprint density at radius 2 is 2.00 bits per heavy atom. The third-order valence-electron chi connectivity index (χ3n) is 3.57. The molecule has 1 aliphatic carbocycles. The van der Waals surface area contributed by atoms with Crippen molar-refractivity contribution in [3.8, 4) is 0 Å². The number of allylic oxidation sites excluding steroid dienone is 1. The molecule has 1 atom stereocenters. The van der Waals surface area contributed by atoms with E-state index in [2.05, 4.69) is 16.6 Å². The maximum atomic E-state index is 11.9. The average molecular weight is 322 g/mol. The van der Waals surface area contributed by atoms with Crippen LogP contribution >= 0.6 is 0 Å². The fourth-order valence-electron chi connectivity index (χ4n) is 2.08. The van der Waals surface area contributed by atoms with E-state index in [4.69, 9.17) is 0 Å². The molecule has 1 aromatic carbocycles. The van der Waals surface area contributed by atoms with Crippen molar-refractivity contribution in [2.75, 3.05) is 11.1 Å². The van der Waals surface area contributed by atoms with Crippen LogP contribution < -0.4 is 10.0 Å². The van der Waals surface area contributed by atoms with Crippen LogP contribution in [-0.2, 0) is 14.8 Å². The van der Waals surface area contributed by atoms with E-state index in [1.807, 2.05) is 12.1 Å². The van der Waals surface area contributed by atoms with Gasteiger partial charge in [-0.1, -0.05) is 18.2 Å². The first-order valence-electron chi connectivity index (χ1n) is 7.43. The molecule has 1 saturated carbocycles. The number of carbonyl (C=O) groups excluding carboxylic acids is 1. The molecule has 0 saturated heterocycles. The number of hydrogen-bond donors (Lipinski definition) is 2. The maximum absolute atomic E-state index is 11.9. The van der Waals surface area contributed by atoms with Gasteiger partial charge in [-0.3, -0.25) is 4.79 Å². The number of rotatable bonds is 8. The minimum Gasteiger partial charge on any atom is -0.326 e. The molecule has 2 N–H and O–H groups in total. The molecule has 1 aromatic rings. The van der Waals surface area contributed by atoms with Crippen LogP contribution in [0.25, 0.3) is 0 Å². The van der Waals surface area contributed by atoms with Gasteiger partial charge in [0.25, 0.3) is 0 Å². The molecule has 5 nitrogen and oxygen atoms in total. The van der Waals surface area contributed by atoms with Crippen molar-refractivity contribution >= 4 is 21.6 Å². The Balaban J connectivity index is 1.94. The van der Waals surface area contributed by atoms with Gasteiger partial charge < -0.3 is 5.32 Å². The van der Waals surface area contributed by atoms with E-state index in [0.717, 1.165) is 24.1 Å². The first-order valence-corrected chi connectivity index (χ1v) is 9.08. The summed E-state index contributed by atoms with van der Waals surface area (Å²) in [7, 11) is -3.31. The zero-order valence-corrected chi connectivity index (χ0v) is 13.5. The van der Waals surface area contributed by atoms with Gasteiger partial charge in [0, 0.05) is 17.6 Å². The third kappa shape index (κ3) is 4.96. The van der Waals surface area contributed by atoms with Crippen molar-refractivity contribution in [2.24, 2.45) is 5.92 Å². The summed E-state index contributed by atoms with van der Waals surface area (Å²) in [5.74, 6) is 0.261. The highest BCUT2D eigenvalue weighted by atomic mass is 32.2. The first kappa shape index (κ1) is 16.7. The van der Waals surface area contributed by atoms with E-state index in [-0.39, 0.29) is 23.6 Å². The van der Waals surface area contributed by atoms with E-state index in [1.165, 1.54) is 0 Å². The molecule has 0 spiro atoms. The molecule has 1 aliphatic rings. The number of hydrogen-bond acceptors (Lipinski definition) is 3. The number of sulfonamides is 1. The van der Waals surface area contributed by atoms with Gasteiger partial charge >= 0.3 is 0 Å². The van der Waals surface area contributed by atoms with Crippen molar-refractivity contribution in [1.82, 2.24) is 4.72 Å². The van der Waals surface area contributed by atoms with Crippen LogP contribution in [0.1, 0.15) is 37.8 Å². The number of carbonyl (C=O) groups is 1. The van der Waals surface area contributed by atoms with E-state index >= 15 is 0 Å². The zero-order valence-electron chi connectivity index (χ0n) is 12.7. The zero-order chi connectivity index (χ0) is 16.2. The minimum absolute atomic E-state index is 0.0381. The quantitative estimate of drug-likeness (QED) is 0.722. The SMILES string of the molecule is C=CCCS(=O)(=O)N[C@H](C)c1ccc(NC(=O)C2CC2)cc1. The molecule has 0 aliphatic heterocycles. The van der Waals surface area contributed by atoms with Crippen LogP contribution in [0, 0.1) is 5.92 Å². The highest BCUT2D eigenvalue weighted by Gasteiger charge is 2.29. The summed E-state index contributed by atoms with van der Waals surface area (Å²) >= 11 is 0. The second kappa shape index (κ2) is 7.07. The van der Waals surface area contributed by atoms with E-state index < -0.39 is 10.0 Å². The predicted octanol–water partition coefficient (Wildman–Crippen LogP) is 2.59. The maximum Gasteiger partial charge on any atom is 0.227 e. The van der Waals surface area contributed by atoms with Gasteiger partial charge in [0.05, 0.1) is 5.75 Å². The van der Waals surface area contributed by atoms with Crippen LogP contribution in [0.5, 0.6) is 0 Å². The molecule has 0 aromatic heterocycles. The van der Waals surface area contributed by atoms with Crippen LogP contribution in [0.3, 0.4) is 0 Å². The number of nitrogens with one attached hydrogen (secondary N) is 2. The first-order chi connectivity index (χ1) is 10.4. The second-order valence-corrected chi connectivity index (χ2v) is 7.49. The molecule has 0 unspecified atom stereocenters. The standard InChI is InChI=1S/C16H22N2O3S/c1-3-4-11-22(20,21)18-12(2)13-7-9-15(10-8-13)17-16(19)14-5-6-14/h3,7-10,12,14,18H,1,4-6,11H2,2H3,(H,17,19)/t12-/m1/s1. The van der Waals surface area contributed by atoms with Crippen LogP contribution in [0.2, 0.25) is 0 Å². The Hall–Kier alpha value is -1.66. The van der Waals surface area contributed by atoms with Crippen molar-refractivity contribution in [3.05, 3.63) is 42.5 Å². The van der Waals surface area contributed by atoms with Crippen LogP contribution in [0.15, 0.2) is 36.9 Å². The lowest BCUT2D eigenvalue weighted by Gasteiger charge is -2.15. The minimum atomic E-state index is -3.31. The Bertz CT molecular complexity index is 634. The van der Waals surface area contributed by atoms with Crippen molar-refractivity contribution < 1.29 is 13.2 Å². The summed E-state index contributed by atoms with van der Waals surface area (Å²) in [6, 6.07) is 6.92. The lowest BCUT2D eigenvalue weighted by molar-refractivity contribution is -0.117. The second-order valence-electron chi connectivity index (χ2n) is 5.62. The summed E-state index contributed by atoms with van der Waals surface area (Å²) in [6.07, 6.45) is 3.94. The summed E-state index contributed by atoms with van der Waals surface area (Å²) < 4.78 is 26.3. The third-order valence-corrected chi connectivity index (χ3v) is 5.06. The molecule has 1 fully saturated rings. The highest BCUT2D eigenvalue weighted by molar-refractivity contribution is 7.89. The fourth-order valence-corrected chi connectivity index (χ4v) is 3.35. The Morgan fingerprint density at radius 3 is 2.55 bits per heavy atom. The van der Waals surface area contributed by atoms with Gasteiger partial charge in [-0.05, 0) is 43.9 Å². The largest absolute Gasteiger partial charge is 0.326 e. The Kier molecular flexibility index (Phi) is 5.37. The molecule has 22 heavy (non-hydrogen) atoms. The van der Waals surface area contributed by atoms with Crippen molar-refractivity contribution in [2.45, 2.75) is 32.2 Å². The van der Waals surface area contributed by atoms with Gasteiger partial charge in [-0.2, -0.15) is 0 Å². The normalized spacial score (nSPS) is 16.0. The van der Waals surface area contributed by atoms with Gasteiger partial charge in [0.15, 0.2) is 0 Å². The molecule has 1 amide bonds. The van der Waals surface area contributed by atoms with E-state index in [0.29, 0.717) is 6.42 Å². The molecule has 0 bridgehead atoms. The summed E-state index contributed by atoms with van der Waals surface area (Å²) in [6.45, 7) is 5.32. The molecular weight excluding hydrogens is 300 g/mol. The summed E-state index contributed by atoms with van der Waals surface area (Å²) in [4.78, 5) is 11.7. The molecule has 0 heterocycles. The molecule has 6 heteroatoms. The smallest absolute Gasteiger partial charge is 0.227 e. The molecule has 2 rings (SSSR count). The summed E-state index contributed by atoms with van der Waals surface area (Å²) in [5.41, 5.74) is 1.59. The number of amides is 1. The van der Waals surface area contributed by atoms with Crippen LogP contribution in [0.4, 0.5) is 5.69 Å².